The van der Waals surface area contributed by atoms with Crippen LogP contribution in [0.15, 0.2) is 275 Å². The van der Waals surface area contributed by atoms with Gasteiger partial charge >= 0.3 is 0 Å². The number of benzene rings is 12. The Labute approximate surface area is 778 Å². The quantitative estimate of drug-likeness (QED) is 0.0305. The second kappa shape index (κ2) is 37.7. The van der Waals surface area contributed by atoms with Gasteiger partial charge in [0.15, 0.2) is 12.5 Å². The van der Waals surface area contributed by atoms with Crippen molar-refractivity contribution >= 4 is 144 Å². The highest BCUT2D eigenvalue weighted by Gasteiger charge is 2.30. The lowest BCUT2D eigenvalue weighted by Gasteiger charge is -2.10. The van der Waals surface area contributed by atoms with Crippen molar-refractivity contribution in [3.63, 3.8) is 0 Å². The molecular formula is C106H76N4O16S6. The highest BCUT2D eigenvalue weighted by atomic mass is 32.1. The first-order valence-corrected chi connectivity index (χ1v) is 46.1. The molecule has 0 radical (unpaired) electrons. The summed E-state index contributed by atoms with van der Waals surface area (Å²) in [5.74, 6) is 1.38. The van der Waals surface area contributed by atoms with Crippen LogP contribution in [0.25, 0.3) is 129 Å². The minimum Gasteiger partial charge on any atom is -0.508 e. The van der Waals surface area contributed by atoms with E-state index in [0.717, 1.165) is 156 Å². The van der Waals surface area contributed by atoms with E-state index in [1.807, 2.05) is 250 Å². The number of thiazole rings is 2. The van der Waals surface area contributed by atoms with Crippen molar-refractivity contribution < 1.29 is 77.7 Å². The van der Waals surface area contributed by atoms with E-state index in [1.54, 1.807) is 59.3 Å². The first-order valence-electron chi connectivity index (χ1n) is 41.1. The van der Waals surface area contributed by atoms with Gasteiger partial charge in [-0.3, -0.25) is 28.8 Å². The van der Waals surface area contributed by atoms with E-state index in [2.05, 4.69) is 19.9 Å². The van der Waals surface area contributed by atoms with Gasteiger partial charge in [-0.1, -0.05) is 146 Å². The molecule has 0 unspecified atom stereocenters. The third-order valence-corrected chi connectivity index (χ3v) is 28.7. The smallest absolute Gasteiger partial charge is 0.299 e. The van der Waals surface area contributed by atoms with Gasteiger partial charge in [-0.15, -0.1) is 68.0 Å². The molecule has 12 aromatic carbocycles. The van der Waals surface area contributed by atoms with Crippen LogP contribution in [-0.4, -0.2) is 86.7 Å². The lowest BCUT2D eigenvalue weighted by molar-refractivity contribution is -0.121. The molecule has 0 aliphatic heterocycles. The number of phenolic OH excluding ortho intramolecular Hbond substituents is 4. The number of aromatic nitrogens is 4. The predicted molar refractivity (Wildman–Crippen MR) is 523 cm³/mol. The van der Waals surface area contributed by atoms with Crippen LogP contribution in [0.3, 0.4) is 0 Å². The zero-order valence-corrected chi connectivity index (χ0v) is 76.5. The molecule has 26 heteroatoms. The maximum atomic E-state index is 13.8. The normalized spacial score (nSPS) is 11.1. The second-order valence-electron chi connectivity index (χ2n) is 31.1. The monoisotopic (exact) mass is 1850 g/mol. The van der Waals surface area contributed by atoms with Crippen molar-refractivity contribution in [1.29, 1.82) is 0 Å². The van der Waals surface area contributed by atoms with Gasteiger partial charge in [-0.05, 0) is 219 Å². The molecule has 8 aromatic heterocycles. The Morgan fingerprint density at radius 2 is 0.568 bits per heavy atom. The topological polar surface area (TPSA) is 320 Å². The molecule has 0 saturated carbocycles. The van der Waals surface area contributed by atoms with Crippen molar-refractivity contribution in [2.45, 2.75) is 55.4 Å². The van der Waals surface area contributed by atoms with Gasteiger partial charge in [0, 0.05) is 107 Å². The van der Waals surface area contributed by atoms with Crippen molar-refractivity contribution in [1.82, 2.24) is 19.9 Å². The number of carbonyl (C=O) groups excluding carboxylic acids is 6. The fraction of sp³-hybridized carbons (Fsp3) is 0.0755. The van der Waals surface area contributed by atoms with Gasteiger partial charge in [0.25, 0.3) is 24.7 Å². The molecule has 6 N–H and O–H groups in total. The number of hydrogen-bond acceptors (Lipinski definition) is 26. The standard InChI is InChI=1S/C27H19NO5S.C27H19NO4S2.C26H19NO4S.C26H19NO3S2/c1-15-4-3-5-16(2)23(15)25(31)26-24(20-11-10-19(30)12-21(20)34-26)17-6-8-18(9-7-17)27-28-22(13-32-27)33-14-29;1-15-4-3-5-16(2)23(15)25(31)26-24(20-11-10-19(30)12-21(20)34-26)17-6-8-18(9-7-17)27-28-22(13-33-27)32-14-29;2*1-14-4-3-5-15(2)22(14)24(30)25-23(19-11-10-18(28)12-20(19)32-25)16-6-8-17(9-7-16)26-27-21(29)13-31-26/h2*3-14,30H,1-2H3;2*3-13,28-29H,1-2H3. The minimum atomic E-state index is -0.172. The molecule has 0 atom stereocenters. The Morgan fingerprint density at radius 1 is 0.295 bits per heavy atom. The Hall–Kier alpha value is -15.4. The van der Waals surface area contributed by atoms with Crippen LogP contribution >= 0.6 is 68.0 Å². The lowest BCUT2D eigenvalue weighted by Crippen LogP contribution is -2.05. The first kappa shape index (κ1) is 88.6. The van der Waals surface area contributed by atoms with E-state index < -0.39 is 0 Å². The number of carbonyl (C=O) groups is 6. The molecule has 0 amide bonds. The predicted octanol–water partition coefficient (Wildman–Crippen LogP) is 26.5. The molecule has 8 heterocycles. The average molecular weight is 1850 g/mol. The molecule has 20 aromatic rings. The Morgan fingerprint density at radius 3 is 0.856 bits per heavy atom. The molecule has 0 aliphatic rings. The molecule has 132 heavy (non-hydrogen) atoms. The minimum absolute atomic E-state index is 0.00906. The summed E-state index contributed by atoms with van der Waals surface area (Å²) in [5.41, 5.74) is 20.4. The highest BCUT2D eigenvalue weighted by Crippen LogP contribution is 2.49. The van der Waals surface area contributed by atoms with Crippen molar-refractivity contribution in [3.8, 4) is 135 Å². The third kappa shape index (κ3) is 18.0. The number of phenols is 4. The molecule has 0 aliphatic carbocycles. The summed E-state index contributed by atoms with van der Waals surface area (Å²) in [6.07, 6.45) is 2.45. The number of aromatic hydroxyl groups is 6. The Kier molecular flexibility index (Phi) is 25.3. The van der Waals surface area contributed by atoms with E-state index in [4.69, 9.17) is 18.3 Å². The molecular weight excluding hydrogens is 1780 g/mol. The molecule has 20 rings (SSSR count). The van der Waals surface area contributed by atoms with Gasteiger partial charge in [0.05, 0.1) is 30.3 Å². The summed E-state index contributed by atoms with van der Waals surface area (Å²) in [5, 5.41) is 67.4. The largest absolute Gasteiger partial charge is 0.508 e. The first-order chi connectivity index (χ1) is 63.8. The van der Waals surface area contributed by atoms with Crippen LogP contribution in [0.2, 0.25) is 0 Å². The highest BCUT2D eigenvalue weighted by molar-refractivity contribution is 7.23. The average Bonchev–Trinajstić information content (AvgIpc) is 1.62. The lowest BCUT2D eigenvalue weighted by atomic mass is 9.93. The van der Waals surface area contributed by atoms with Crippen molar-refractivity contribution in [2.75, 3.05) is 0 Å². The van der Waals surface area contributed by atoms with Crippen molar-refractivity contribution in [3.05, 3.63) is 352 Å². The third-order valence-electron chi connectivity index (χ3n) is 22.3. The number of oxazole rings is 2. The number of thiophene rings is 4. The number of fused-ring (bicyclic) bond motifs is 4. The van der Waals surface area contributed by atoms with Crippen LogP contribution < -0.4 is 9.47 Å². The summed E-state index contributed by atoms with van der Waals surface area (Å²) >= 11 is 8.32. The van der Waals surface area contributed by atoms with E-state index in [-0.39, 0.29) is 69.7 Å². The van der Waals surface area contributed by atoms with Crippen LogP contribution in [0.5, 0.6) is 46.5 Å². The molecule has 0 bridgehead atoms. The number of aryl methyl sites for hydroxylation is 8. The molecule has 0 saturated heterocycles. The van der Waals surface area contributed by atoms with Crippen LogP contribution in [0, 0.1) is 55.4 Å². The van der Waals surface area contributed by atoms with E-state index >= 15 is 0 Å². The second-order valence-corrected chi connectivity index (χ2v) is 37.0. The maximum Gasteiger partial charge on any atom is 0.299 e. The Bertz CT molecular complexity index is 7360. The van der Waals surface area contributed by atoms with Gasteiger partial charge in [0.1, 0.15) is 33.0 Å². The zero-order chi connectivity index (χ0) is 92.4. The Balaban J connectivity index is 0.000000123. The van der Waals surface area contributed by atoms with Gasteiger partial charge in [0.2, 0.25) is 46.7 Å². The summed E-state index contributed by atoms with van der Waals surface area (Å²) in [7, 11) is 0. The molecule has 20 nitrogen and oxygen atoms in total. The summed E-state index contributed by atoms with van der Waals surface area (Å²) in [6, 6.07) is 74.7. The van der Waals surface area contributed by atoms with E-state index in [1.165, 1.54) is 80.5 Å². The number of hydrogen-bond donors (Lipinski definition) is 6. The fourth-order valence-corrected chi connectivity index (χ4v) is 22.4. The molecule has 0 fully saturated rings. The van der Waals surface area contributed by atoms with E-state index in [9.17, 15) is 59.4 Å². The van der Waals surface area contributed by atoms with Gasteiger partial charge in [-0.2, -0.15) is 9.97 Å². The van der Waals surface area contributed by atoms with Crippen LogP contribution in [-0.2, 0) is 9.59 Å². The van der Waals surface area contributed by atoms with Gasteiger partial charge < -0.3 is 48.9 Å². The van der Waals surface area contributed by atoms with Gasteiger partial charge in [-0.25, -0.2) is 9.97 Å². The molecule has 0 spiro atoms. The maximum absolute atomic E-state index is 13.8. The fourth-order valence-electron chi connectivity index (χ4n) is 16.2. The summed E-state index contributed by atoms with van der Waals surface area (Å²) < 4.78 is 23.6. The zero-order valence-electron chi connectivity index (χ0n) is 71.6. The van der Waals surface area contributed by atoms with Crippen molar-refractivity contribution in [2.24, 2.45) is 0 Å². The van der Waals surface area contributed by atoms with Crippen LogP contribution in [0.4, 0.5) is 0 Å². The molecule has 652 valence electrons. The summed E-state index contributed by atoms with van der Waals surface area (Å²) in [4.78, 5) is 95.1. The SMILES string of the molecule is Cc1cccc(C)c1C(=O)c1sc2cc(O)ccc2c1-c1ccc(-c2nc(O)co2)cc1.Cc1cccc(C)c1C(=O)c1sc2cc(O)ccc2c1-c1ccc(-c2nc(O)cs2)cc1.Cc1cccc(C)c1C(=O)c1sc2cc(O)ccc2c1-c1ccc(-c2nc(OC=O)co2)cc1.Cc1cccc(C)c1C(=O)c1sc2cc(O)ccc2c1-c1ccc(-c2nc(OC=O)cs2)cc1. The number of nitrogens with zero attached hydrogens (tertiary/aromatic N) is 4. The summed E-state index contributed by atoms with van der Waals surface area (Å²) in [6.45, 7) is 16.2. The number of rotatable bonds is 20. The number of ketones is 4. The van der Waals surface area contributed by atoms with E-state index in [0.29, 0.717) is 72.1 Å². The number of ether oxygens (including phenoxy) is 2. The van der Waals surface area contributed by atoms with Crippen LogP contribution in [0.1, 0.15) is 105 Å².